The van der Waals surface area contributed by atoms with E-state index in [9.17, 15) is 19.2 Å². The molecule has 1 aliphatic heterocycles. The first-order valence-corrected chi connectivity index (χ1v) is 11.7. The van der Waals surface area contributed by atoms with Gasteiger partial charge in [0.1, 0.15) is 6.54 Å². The summed E-state index contributed by atoms with van der Waals surface area (Å²) in [4.78, 5) is 53.0. The molecule has 1 saturated carbocycles. The molecule has 0 spiro atoms. The van der Waals surface area contributed by atoms with Gasteiger partial charge in [0.25, 0.3) is 17.7 Å². The van der Waals surface area contributed by atoms with Crippen molar-refractivity contribution >= 4 is 51.0 Å². The molecule has 6 nitrogen and oxygen atoms in total. The predicted octanol–water partition coefficient (Wildman–Crippen LogP) is 4.76. The van der Waals surface area contributed by atoms with Crippen molar-refractivity contribution in [3.8, 4) is 0 Å². The van der Waals surface area contributed by atoms with Crippen molar-refractivity contribution in [3.63, 3.8) is 0 Å². The maximum atomic E-state index is 13.5. The Morgan fingerprint density at radius 1 is 1.03 bits per heavy atom. The fourth-order valence-electron chi connectivity index (χ4n) is 4.48. The molecule has 2 aliphatic rings. The molecule has 1 heterocycles. The lowest BCUT2D eigenvalue weighted by Crippen LogP contribution is -2.52. The van der Waals surface area contributed by atoms with Gasteiger partial charge in [0.05, 0.1) is 22.4 Å². The molecule has 8 heteroatoms. The highest BCUT2D eigenvalue weighted by molar-refractivity contribution is 9.10. The van der Waals surface area contributed by atoms with Crippen molar-refractivity contribution in [2.75, 3.05) is 6.54 Å². The van der Waals surface area contributed by atoms with Crippen molar-refractivity contribution in [1.82, 2.24) is 10.0 Å². The molecule has 0 bridgehead atoms. The fraction of sp³-hybridized carbons (Fsp3) is 0.333. The van der Waals surface area contributed by atoms with Gasteiger partial charge in [-0.2, -0.15) is 5.01 Å². The Bertz CT molecular complexity index is 1090. The number of carbonyl (C=O) groups excluding carboxylic acids is 4. The smallest absolute Gasteiger partial charge is 0.274 e. The number of hydrazine groups is 1. The lowest BCUT2D eigenvalue weighted by atomic mass is 9.76. The lowest BCUT2D eigenvalue weighted by Gasteiger charge is -2.30. The van der Waals surface area contributed by atoms with Crippen LogP contribution in [-0.4, -0.2) is 40.1 Å². The van der Waals surface area contributed by atoms with Gasteiger partial charge < -0.3 is 0 Å². The third kappa shape index (κ3) is 4.24. The van der Waals surface area contributed by atoms with Crippen molar-refractivity contribution in [2.24, 2.45) is 17.8 Å². The molecular weight excluding hydrogens is 496 g/mol. The van der Waals surface area contributed by atoms with E-state index in [2.05, 4.69) is 22.9 Å². The molecule has 2 aromatic carbocycles. The number of amides is 3. The van der Waals surface area contributed by atoms with Gasteiger partial charge in [-0.05, 0) is 49.4 Å². The Labute approximate surface area is 199 Å². The molecule has 3 atom stereocenters. The molecule has 4 rings (SSSR count). The van der Waals surface area contributed by atoms with Gasteiger partial charge in [-0.3, -0.25) is 19.2 Å². The highest BCUT2D eigenvalue weighted by atomic mass is 79.9. The summed E-state index contributed by atoms with van der Waals surface area (Å²) in [5.41, 5.74) is 0.497. The van der Waals surface area contributed by atoms with Gasteiger partial charge in [-0.1, -0.05) is 58.7 Å². The number of Topliss-reactive ketones (excluding diaryl/α,β-unsaturated/α-hetero) is 1. The number of hydrogen-bond donors (Lipinski definition) is 0. The number of carbonyl (C=O) groups is 4. The van der Waals surface area contributed by atoms with Crippen LogP contribution in [-0.2, 0) is 9.59 Å². The highest BCUT2D eigenvalue weighted by Gasteiger charge is 2.52. The zero-order valence-electron chi connectivity index (χ0n) is 17.5. The highest BCUT2D eigenvalue weighted by Crippen LogP contribution is 2.41. The number of hydrogen-bond acceptors (Lipinski definition) is 4. The van der Waals surface area contributed by atoms with Crippen LogP contribution in [0.2, 0.25) is 5.02 Å². The number of nitrogens with zero attached hydrogens (tertiary/aromatic N) is 2. The first-order chi connectivity index (χ1) is 15.3. The van der Waals surface area contributed by atoms with E-state index in [0.717, 1.165) is 20.9 Å². The van der Waals surface area contributed by atoms with Crippen LogP contribution in [0, 0.1) is 17.8 Å². The summed E-state index contributed by atoms with van der Waals surface area (Å²) in [7, 11) is 0. The average molecular weight is 518 g/mol. The molecule has 0 aromatic heterocycles. The molecule has 32 heavy (non-hydrogen) atoms. The Hall–Kier alpha value is -2.51. The second-order valence-electron chi connectivity index (χ2n) is 8.39. The topological polar surface area (TPSA) is 74.8 Å². The Morgan fingerprint density at radius 2 is 1.69 bits per heavy atom. The minimum atomic E-state index is -0.658. The van der Waals surface area contributed by atoms with E-state index in [0.29, 0.717) is 24.3 Å². The number of fused-ring (bicyclic) bond motifs is 1. The van der Waals surface area contributed by atoms with Crippen LogP contribution in [0.4, 0.5) is 0 Å². The Kier molecular flexibility index (Phi) is 6.49. The van der Waals surface area contributed by atoms with Crippen LogP contribution in [0.5, 0.6) is 0 Å². The summed E-state index contributed by atoms with van der Waals surface area (Å²) in [5.74, 6) is -2.48. The van der Waals surface area contributed by atoms with E-state index in [-0.39, 0.29) is 16.4 Å². The minimum Gasteiger partial charge on any atom is -0.292 e. The monoisotopic (exact) mass is 516 g/mol. The molecular formula is C24H22BrClN2O4. The zero-order chi connectivity index (χ0) is 23.0. The summed E-state index contributed by atoms with van der Waals surface area (Å²) in [6.07, 6.45) is 2.05. The maximum Gasteiger partial charge on any atom is 0.274 e. The average Bonchev–Trinajstić information content (AvgIpc) is 3.01. The van der Waals surface area contributed by atoms with Gasteiger partial charge in [0.15, 0.2) is 5.78 Å². The molecule has 0 N–H and O–H groups in total. The third-order valence-corrected chi connectivity index (χ3v) is 7.06. The summed E-state index contributed by atoms with van der Waals surface area (Å²) >= 11 is 9.56. The minimum absolute atomic E-state index is 0.126. The Morgan fingerprint density at radius 3 is 2.38 bits per heavy atom. The molecule has 0 unspecified atom stereocenters. The Balaban J connectivity index is 1.70. The first kappa shape index (κ1) is 22.7. The fourth-order valence-corrected chi connectivity index (χ4v) is 4.96. The van der Waals surface area contributed by atoms with Gasteiger partial charge >= 0.3 is 0 Å². The normalized spacial score (nSPS) is 22.6. The van der Waals surface area contributed by atoms with E-state index in [1.54, 1.807) is 42.5 Å². The molecule has 0 radical (unpaired) electrons. The van der Waals surface area contributed by atoms with Crippen LogP contribution in [0.3, 0.4) is 0 Å². The van der Waals surface area contributed by atoms with Crippen LogP contribution < -0.4 is 0 Å². The number of ketones is 1. The molecule has 1 aliphatic carbocycles. The van der Waals surface area contributed by atoms with Gasteiger partial charge in [0, 0.05) is 10.0 Å². The predicted molar refractivity (Wildman–Crippen MR) is 123 cm³/mol. The quantitative estimate of drug-likeness (QED) is 0.423. The molecule has 3 amide bonds. The van der Waals surface area contributed by atoms with Crippen LogP contribution in [0.1, 0.15) is 46.9 Å². The summed E-state index contributed by atoms with van der Waals surface area (Å²) < 4.78 is 0.807. The molecule has 166 valence electrons. The molecule has 1 saturated heterocycles. The number of imide groups is 1. The van der Waals surface area contributed by atoms with Crippen LogP contribution >= 0.6 is 27.5 Å². The summed E-state index contributed by atoms with van der Waals surface area (Å²) in [5, 5.41) is 2.05. The number of rotatable bonds is 5. The summed E-state index contributed by atoms with van der Waals surface area (Å²) in [6, 6.07) is 13.1. The third-order valence-electron chi connectivity index (χ3n) is 6.20. The van der Waals surface area contributed by atoms with Gasteiger partial charge in [-0.15, -0.1) is 0 Å². The SMILES string of the molecule is C[C@@H]1CC[C@H]2C(=O)N(N(CC(=O)c3ccc(Br)cc3)C(=O)c3ccccc3Cl)C(=O)[C@@H]2C1. The van der Waals surface area contributed by atoms with E-state index in [1.165, 1.54) is 6.07 Å². The van der Waals surface area contributed by atoms with Crippen molar-refractivity contribution < 1.29 is 19.2 Å². The second-order valence-corrected chi connectivity index (χ2v) is 9.72. The van der Waals surface area contributed by atoms with Crippen molar-refractivity contribution in [2.45, 2.75) is 26.2 Å². The molecule has 2 fully saturated rings. The first-order valence-electron chi connectivity index (χ1n) is 10.5. The number of benzene rings is 2. The zero-order valence-corrected chi connectivity index (χ0v) is 19.8. The summed E-state index contributed by atoms with van der Waals surface area (Å²) in [6.45, 7) is 1.61. The van der Waals surface area contributed by atoms with Crippen molar-refractivity contribution in [1.29, 1.82) is 0 Å². The standard InChI is InChI=1S/C24H22BrClN2O4/c1-14-6-11-17-19(12-14)24(32)28(23(17)31)27(22(30)18-4-2-3-5-20(18)26)13-21(29)15-7-9-16(25)10-8-15/h2-5,7-10,14,17,19H,6,11-13H2,1H3/t14-,17-,19-/m1/s1. The van der Waals surface area contributed by atoms with Gasteiger partial charge in [-0.25, -0.2) is 5.01 Å². The van der Waals surface area contributed by atoms with E-state index in [1.807, 2.05) is 0 Å². The number of halogens is 2. The second kappa shape index (κ2) is 9.16. The molecule has 2 aromatic rings. The van der Waals surface area contributed by atoms with Crippen LogP contribution in [0.25, 0.3) is 0 Å². The van der Waals surface area contributed by atoms with Crippen molar-refractivity contribution in [3.05, 3.63) is 69.2 Å². The van der Waals surface area contributed by atoms with E-state index < -0.39 is 36.1 Å². The largest absolute Gasteiger partial charge is 0.292 e. The van der Waals surface area contributed by atoms with Crippen LogP contribution in [0.15, 0.2) is 53.0 Å². The lowest BCUT2D eigenvalue weighted by molar-refractivity contribution is -0.154. The van der Waals surface area contributed by atoms with E-state index >= 15 is 0 Å². The maximum absolute atomic E-state index is 13.5. The van der Waals surface area contributed by atoms with E-state index in [4.69, 9.17) is 11.6 Å². The van der Waals surface area contributed by atoms with Gasteiger partial charge in [0.2, 0.25) is 0 Å².